The highest BCUT2D eigenvalue weighted by molar-refractivity contribution is 5.34. The molecule has 0 aliphatic carbocycles. The zero-order valence-electron chi connectivity index (χ0n) is 9.26. The number of carbonyl (C=O) groups excluding carboxylic acids is 1. The number of nitrogens with zero attached hydrogens (tertiary/aromatic N) is 1. The second-order valence-electron chi connectivity index (χ2n) is 4.66. The van der Waals surface area contributed by atoms with E-state index in [0.717, 1.165) is 18.8 Å². The molecule has 2 nitrogen and oxygen atoms in total. The van der Waals surface area contributed by atoms with E-state index in [9.17, 15) is 4.79 Å². The standard InChI is InChI=1S/C11H21NO/c1-10(2)7-5-6-8-11(3,4)12-9-13/h10H,5-8H2,1-4H3. The van der Waals surface area contributed by atoms with Crippen molar-refractivity contribution in [2.45, 2.75) is 58.9 Å². The average molecular weight is 183 g/mol. The molecule has 0 N–H and O–H groups in total. The Morgan fingerprint density at radius 2 is 1.92 bits per heavy atom. The summed E-state index contributed by atoms with van der Waals surface area (Å²) in [6.07, 6.45) is 6.26. The summed E-state index contributed by atoms with van der Waals surface area (Å²) in [7, 11) is 0. The van der Waals surface area contributed by atoms with Gasteiger partial charge in [0.25, 0.3) is 0 Å². The van der Waals surface area contributed by atoms with Crippen molar-refractivity contribution in [3.05, 3.63) is 0 Å². The second-order valence-corrected chi connectivity index (χ2v) is 4.66. The summed E-state index contributed by atoms with van der Waals surface area (Å²) in [5.41, 5.74) is -0.210. The van der Waals surface area contributed by atoms with Crippen LogP contribution in [0.5, 0.6) is 0 Å². The third-order valence-electron chi connectivity index (χ3n) is 2.17. The van der Waals surface area contributed by atoms with Gasteiger partial charge in [0.1, 0.15) is 0 Å². The van der Waals surface area contributed by atoms with Gasteiger partial charge in [-0.1, -0.05) is 33.1 Å². The van der Waals surface area contributed by atoms with Crippen molar-refractivity contribution in [1.82, 2.24) is 0 Å². The molecule has 0 aromatic carbocycles. The number of aliphatic imine (C=N–C) groups is 1. The smallest absolute Gasteiger partial charge is 0.211 e. The summed E-state index contributed by atoms with van der Waals surface area (Å²) in [4.78, 5) is 13.8. The van der Waals surface area contributed by atoms with Gasteiger partial charge >= 0.3 is 0 Å². The minimum Gasteiger partial charge on any atom is -0.211 e. The highest BCUT2D eigenvalue weighted by Gasteiger charge is 2.14. The Morgan fingerprint density at radius 1 is 1.31 bits per heavy atom. The largest absolute Gasteiger partial charge is 0.235 e. The van der Waals surface area contributed by atoms with E-state index in [1.54, 1.807) is 6.08 Å². The SMILES string of the molecule is CC(C)CCCCC(C)(C)N=C=O. The molecule has 0 spiro atoms. The van der Waals surface area contributed by atoms with Crippen molar-refractivity contribution in [2.75, 3.05) is 0 Å². The maximum Gasteiger partial charge on any atom is 0.235 e. The normalized spacial score (nSPS) is 11.5. The average Bonchev–Trinajstić information content (AvgIpc) is 1.98. The Balaban J connectivity index is 3.57. The molecule has 0 rings (SSSR count). The van der Waals surface area contributed by atoms with Gasteiger partial charge < -0.3 is 0 Å². The molecular weight excluding hydrogens is 162 g/mol. The summed E-state index contributed by atoms with van der Waals surface area (Å²) in [6, 6.07) is 0. The minimum atomic E-state index is -0.210. The molecule has 0 saturated carbocycles. The number of rotatable bonds is 6. The Bertz CT molecular complexity index is 179. The van der Waals surface area contributed by atoms with Gasteiger partial charge in [0.05, 0.1) is 5.54 Å². The molecule has 0 saturated heterocycles. The van der Waals surface area contributed by atoms with Crippen LogP contribution in [0.25, 0.3) is 0 Å². The lowest BCUT2D eigenvalue weighted by molar-refractivity contribution is 0.427. The molecule has 13 heavy (non-hydrogen) atoms. The second kappa shape index (κ2) is 5.93. The highest BCUT2D eigenvalue weighted by atomic mass is 16.1. The van der Waals surface area contributed by atoms with Crippen molar-refractivity contribution in [2.24, 2.45) is 10.9 Å². The summed E-state index contributed by atoms with van der Waals surface area (Å²) in [5.74, 6) is 0.776. The van der Waals surface area contributed by atoms with Crippen molar-refractivity contribution < 1.29 is 4.79 Å². The molecule has 0 heterocycles. The van der Waals surface area contributed by atoms with E-state index in [1.807, 2.05) is 13.8 Å². The van der Waals surface area contributed by atoms with Gasteiger partial charge in [-0.15, -0.1) is 0 Å². The van der Waals surface area contributed by atoms with Crippen LogP contribution in [0.15, 0.2) is 4.99 Å². The summed E-state index contributed by atoms with van der Waals surface area (Å²) < 4.78 is 0. The molecule has 0 aliphatic rings. The van der Waals surface area contributed by atoms with Crippen molar-refractivity contribution in [1.29, 1.82) is 0 Å². The summed E-state index contributed by atoms with van der Waals surface area (Å²) in [6.45, 7) is 8.42. The zero-order chi connectivity index (χ0) is 10.3. The number of unbranched alkanes of at least 4 members (excludes halogenated alkanes) is 1. The maximum absolute atomic E-state index is 10.1. The van der Waals surface area contributed by atoms with Crippen LogP contribution in [0.4, 0.5) is 0 Å². The van der Waals surface area contributed by atoms with Crippen LogP contribution in [0, 0.1) is 5.92 Å². The van der Waals surface area contributed by atoms with Crippen molar-refractivity contribution in [3.63, 3.8) is 0 Å². The van der Waals surface area contributed by atoms with Gasteiger partial charge in [-0.25, -0.2) is 4.79 Å². The molecule has 0 aromatic rings. The first-order valence-corrected chi connectivity index (χ1v) is 5.07. The topological polar surface area (TPSA) is 29.4 Å². The van der Waals surface area contributed by atoms with E-state index in [1.165, 1.54) is 12.8 Å². The van der Waals surface area contributed by atoms with E-state index >= 15 is 0 Å². The molecule has 0 atom stereocenters. The third kappa shape index (κ3) is 7.73. The maximum atomic E-state index is 10.1. The molecule has 0 radical (unpaired) electrons. The predicted octanol–water partition coefficient (Wildman–Crippen LogP) is 3.32. The first kappa shape index (κ1) is 12.4. The zero-order valence-corrected chi connectivity index (χ0v) is 9.26. The quantitative estimate of drug-likeness (QED) is 0.353. The van der Waals surface area contributed by atoms with Crippen molar-refractivity contribution in [3.8, 4) is 0 Å². The predicted molar refractivity (Wildman–Crippen MR) is 55.5 cm³/mol. The number of hydrogen-bond donors (Lipinski definition) is 0. The molecule has 0 aliphatic heterocycles. The monoisotopic (exact) mass is 183 g/mol. The van der Waals surface area contributed by atoms with Crippen LogP contribution in [0.1, 0.15) is 53.4 Å². The molecule has 0 aromatic heterocycles. The van der Waals surface area contributed by atoms with Gasteiger partial charge in [0.2, 0.25) is 6.08 Å². The van der Waals surface area contributed by atoms with Gasteiger partial charge in [0.15, 0.2) is 0 Å². The van der Waals surface area contributed by atoms with Crippen molar-refractivity contribution >= 4 is 6.08 Å². The van der Waals surface area contributed by atoms with Crippen LogP contribution in [-0.4, -0.2) is 11.6 Å². The first-order valence-electron chi connectivity index (χ1n) is 5.07. The van der Waals surface area contributed by atoms with E-state index < -0.39 is 0 Å². The van der Waals surface area contributed by atoms with Gasteiger partial charge in [-0.3, -0.25) is 0 Å². The fraction of sp³-hybridized carbons (Fsp3) is 0.909. The molecule has 76 valence electrons. The van der Waals surface area contributed by atoms with Crippen LogP contribution >= 0.6 is 0 Å². The lowest BCUT2D eigenvalue weighted by atomic mass is 9.96. The van der Waals surface area contributed by atoms with Gasteiger partial charge in [-0.05, 0) is 26.2 Å². The Kier molecular flexibility index (Phi) is 5.65. The van der Waals surface area contributed by atoms with E-state index in [-0.39, 0.29) is 5.54 Å². The van der Waals surface area contributed by atoms with Crippen LogP contribution in [-0.2, 0) is 4.79 Å². The molecule has 0 amide bonds. The molecule has 0 fully saturated rings. The van der Waals surface area contributed by atoms with Crippen LogP contribution in [0.3, 0.4) is 0 Å². The summed E-state index contributed by atoms with van der Waals surface area (Å²) in [5, 5.41) is 0. The molecule has 0 unspecified atom stereocenters. The Morgan fingerprint density at radius 3 is 2.38 bits per heavy atom. The Labute approximate surface area is 81.4 Å². The van der Waals surface area contributed by atoms with E-state index in [0.29, 0.717) is 0 Å². The Hall–Kier alpha value is -0.620. The third-order valence-corrected chi connectivity index (χ3v) is 2.17. The fourth-order valence-electron chi connectivity index (χ4n) is 1.29. The number of hydrogen-bond acceptors (Lipinski definition) is 2. The number of isocyanates is 1. The minimum absolute atomic E-state index is 0.210. The van der Waals surface area contributed by atoms with E-state index in [4.69, 9.17) is 0 Å². The molecule has 2 heteroatoms. The lowest BCUT2D eigenvalue weighted by Gasteiger charge is -2.16. The molecule has 0 bridgehead atoms. The first-order chi connectivity index (χ1) is 5.98. The van der Waals surface area contributed by atoms with Crippen LogP contribution < -0.4 is 0 Å². The summed E-state index contributed by atoms with van der Waals surface area (Å²) >= 11 is 0. The van der Waals surface area contributed by atoms with E-state index in [2.05, 4.69) is 18.8 Å². The molecular formula is C11H21NO. The van der Waals surface area contributed by atoms with Gasteiger partial charge in [-0.2, -0.15) is 4.99 Å². The van der Waals surface area contributed by atoms with Gasteiger partial charge in [0, 0.05) is 0 Å². The van der Waals surface area contributed by atoms with Crippen LogP contribution in [0.2, 0.25) is 0 Å². The fourth-order valence-corrected chi connectivity index (χ4v) is 1.29. The lowest BCUT2D eigenvalue weighted by Crippen LogP contribution is -2.15. The highest BCUT2D eigenvalue weighted by Crippen LogP contribution is 2.18.